The van der Waals surface area contributed by atoms with E-state index in [0.717, 1.165) is 22.5 Å². The molecule has 6 nitrogen and oxygen atoms in total. The van der Waals surface area contributed by atoms with Crippen molar-refractivity contribution in [2.24, 2.45) is 0 Å². The van der Waals surface area contributed by atoms with Crippen LogP contribution >= 0.6 is 11.3 Å². The first kappa shape index (κ1) is 21.0. The van der Waals surface area contributed by atoms with Crippen LogP contribution in [0.25, 0.3) is 0 Å². The quantitative estimate of drug-likeness (QED) is 0.547. The van der Waals surface area contributed by atoms with E-state index in [2.05, 4.69) is 10.0 Å². The maximum absolute atomic E-state index is 12.9. The SMILES string of the molecule is COc1ccccc1CNC(=O)[C@H](Cc1ccccc1)NS(=O)(=O)c1cccs1. The average Bonchev–Trinajstić information content (AvgIpc) is 3.28. The zero-order valence-electron chi connectivity index (χ0n) is 15.9. The molecule has 0 aliphatic heterocycles. The highest BCUT2D eigenvalue weighted by Gasteiger charge is 2.26. The molecule has 1 amide bonds. The van der Waals surface area contributed by atoms with Gasteiger partial charge in [0.15, 0.2) is 0 Å². The standard InChI is InChI=1S/C21H22N2O4S2/c1-27-19-11-6-5-10-17(19)15-22-21(24)18(14-16-8-3-2-4-9-16)23-29(25,26)20-12-7-13-28-20/h2-13,18,23H,14-15H2,1H3,(H,22,24)/t18-/m0/s1. The number of carbonyl (C=O) groups excluding carboxylic acids is 1. The summed E-state index contributed by atoms with van der Waals surface area (Å²) in [5.74, 6) is 0.256. The molecule has 2 aromatic carbocycles. The van der Waals surface area contributed by atoms with Crippen LogP contribution in [0.1, 0.15) is 11.1 Å². The van der Waals surface area contributed by atoms with Crippen LogP contribution in [0.3, 0.4) is 0 Å². The Labute approximate surface area is 174 Å². The van der Waals surface area contributed by atoms with Crippen molar-refractivity contribution in [1.82, 2.24) is 10.0 Å². The Morgan fingerprint density at radius 1 is 1.03 bits per heavy atom. The number of ether oxygens (including phenoxy) is 1. The third-order valence-corrected chi connectivity index (χ3v) is 7.17. The van der Waals surface area contributed by atoms with Crippen LogP contribution in [-0.4, -0.2) is 27.5 Å². The Morgan fingerprint density at radius 3 is 2.45 bits per heavy atom. The average molecular weight is 431 g/mol. The third-order valence-electron chi connectivity index (χ3n) is 4.30. The molecule has 1 atom stereocenters. The summed E-state index contributed by atoms with van der Waals surface area (Å²) in [6, 6.07) is 18.9. The Morgan fingerprint density at radius 2 is 1.76 bits per heavy atom. The summed E-state index contributed by atoms with van der Waals surface area (Å²) in [5, 5.41) is 4.50. The van der Waals surface area contributed by atoms with Crippen LogP contribution in [0.4, 0.5) is 0 Å². The highest BCUT2D eigenvalue weighted by Crippen LogP contribution is 2.18. The first-order chi connectivity index (χ1) is 14.0. The minimum absolute atomic E-state index is 0.174. The molecule has 0 saturated heterocycles. The van der Waals surface area contributed by atoms with Crippen LogP contribution in [-0.2, 0) is 27.8 Å². The van der Waals surface area contributed by atoms with E-state index in [4.69, 9.17) is 4.74 Å². The van der Waals surface area contributed by atoms with Gasteiger partial charge in [-0.3, -0.25) is 4.79 Å². The molecular formula is C21H22N2O4S2. The number of carbonyl (C=O) groups is 1. The fourth-order valence-electron chi connectivity index (χ4n) is 2.85. The van der Waals surface area contributed by atoms with Gasteiger partial charge in [0.1, 0.15) is 16.0 Å². The Kier molecular flexibility index (Phi) is 7.03. The molecule has 152 valence electrons. The molecule has 0 unspecified atom stereocenters. The zero-order valence-corrected chi connectivity index (χ0v) is 17.5. The summed E-state index contributed by atoms with van der Waals surface area (Å²) in [5.41, 5.74) is 1.67. The van der Waals surface area contributed by atoms with Crippen molar-refractivity contribution in [1.29, 1.82) is 0 Å². The smallest absolute Gasteiger partial charge is 0.250 e. The predicted molar refractivity (Wildman–Crippen MR) is 113 cm³/mol. The Bertz CT molecular complexity index is 1040. The van der Waals surface area contributed by atoms with Crippen molar-refractivity contribution in [3.63, 3.8) is 0 Å². The number of methoxy groups -OCH3 is 1. The highest BCUT2D eigenvalue weighted by atomic mass is 32.2. The summed E-state index contributed by atoms with van der Waals surface area (Å²) in [6.45, 7) is 0.231. The third kappa shape index (κ3) is 5.66. The summed E-state index contributed by atoms with van der Waals surface area (Å²) < 4.78 is 33.4. The molecule has 0 fully saturated rings. The van der Waals surface area contributed by atoms with Gasteiger partial charge in [0.25, 0.3) is 10.0 Å². The minimum Gasteiger partial charge on any atom is -0.496 e. The molecule has 8 heteroatoms. The van der Waals surface area contributed by atoms with E-state index in [1.54, 1.807) is 18.6 Å². The van der Waals surface area contributed by atoms with Crippen LogP contribution in [0.15, 0.2) is 76.3 Å². The molecule has 3 aromatic rings. The van der Waals surface area contributed by atoms with Crippen LogP contribution in [0.2, 0.25) is 0 Å². The number of benzene rings is 2. The van der Waals surface area contributed by atoms with Gasteiger partial charge < -0.3 is 10.1 Å². The molecule has 0 saturated carbocycles. The lowest BCUT2D eigenvalue weighted by Gasteiger charge is -2.19. The van der Waals surface area contributed by atoms with Gasteiger partial charge in [0, 0.05) is 12.1 Å². The molecule has 0 aliphatic rings. The first-order valence-corrected chi connectivity index (χ1v) is 11.4. The molecule has 0 radical (unpaired) electrons. The maximum atomic E-state index is 12.9. The summed E-state index contributed by atoms with van der Waals surface area (Å²) in [4.78, 5) is 12.9. The normalized spacial score (nSPS) is 12.3. The predicted octanol–water partition coefficient (Wildman–Crippen LogP) is 2.96. The van der Waals surface area contributed by atoms with Crippen LogP contribution in [0.5, 0.6) is 5.75 Å². The van der Waals surface area contributed by atoms with E-state index in [-0.39, 0.29) is 17.2 Å². The second kappa shape index (κ2) is 9.69. The molecule has 1 aromatic heterocycles. The second-order valence-corrected chi connectivity index (χ2v) is 9.21. The lowest BCUT2D eigenvalue weighted by atomic mass is 10.1. The molecule has 0 aliphatic carbocycles. The van der Waals surface area contributed by atoms with E-state index < -0.39 is 22.0 Å². The maximum Gasteiger partial charge on any atom is 0.250 e. The fraction of sp³-hybridized carbons (Fsp3) is 0.190. The van der Waals surface area contributed by atoms with Gasteiger partial charge in [-0.15, -0.1) is 11.3 Å². The van der Waals surface area contributed by atoms with Gasteiger partial charge in [-0.2, -0.15) is 4.72 Å². The largest absolute Gasteiger partial charge is 0.496 e. The Hall–Kier alpha value is -2.68. The van der Waals surface area contributed by atoms with Crippen LogP contribution in [0, 0.1) is 0 Å². The van der Waals surface area contributed by atoms with Crippen molar-refractivity contribution in [3.8, 4) is 5.75 Å². The van der Waals surface area contributed by atoms with E-state index in [1.807, 2.05) is 54.6 Å². The lowest BCUT2D eigenvalue weighted by Crippen LogP contribution is -2.47. The summed E-state index contributed by atoms with van der Waals surface area (Å²) in [7, 11) is -2.23. The number of sulfonamides is 1. The van der Waals surface area contributed by atoms with Crippen LogP contribution < -0.4 is 14.8 Å². The minimum atomic E-state index is -3.79. The molecule has 1 heterocycles. The number of hydrogen-bond acceptors (Lipinski definition) is 5. The van der Waals surface area contributed by atoms with Crippen molar-refractivity contribution in [2.45, 2.75) is 23.2 Å². The lowest BCUT2D eigenvalue weighted by molar-refractivity contribution is -0.122. The number of nitrogens with one attached hydrogen (secondary N) is 2. The number of amides is 1. The number of rotatable bonds is 9. The summed E-state index contributed by atoms with van der Waals surface area (Å²) >= 11 is 1.11. The zero-order chi connectivity index (χ0) is 20.7. The monoisotopic (exact) mass is 430 g/mol. The molecule has 2 N–H and O–H groups in total. The second-order valence-electron chi connectivity index (χ2n) is 6.33. The highest BCUT2D eigenvalue weighted by molar-refractivity contribution is 7.91. The van der Waals surface area contributed by atoms with Gasteiger partial charge in [-0.1, -0.05) is 54.6 Å². The number of hydrogen-bond donors (Lipinski definition) is 2. The number of para-hydroxylation sites is 1. The molecule has 29 heavy (non-hydrogen) atoms. The molecule has 3 rings (SSSR count). The van der Waals surface area contributed by atoms with E-state index in [0.29, 0.717) is 5.75 Å². The molecule has 0 bridgehead atoms. The van der Waals surface area contributed by atoms with Crippen molar-refractivity contribution >= 4 is 27.3 Å². The fourth-order valence-corrected chi connectivity index (χ4v) is 5.06. The number of thiophene rings is 1. The first-order valence-electron chi connectivity index (χ1n) is 8.99. The van der Waals surface area contributed by atoms with Gasteiger partial charge in [-0.25, -0.2) is 8.42 Å². The van der Waals surface area contributed by atoms with Gasteiger partial charge >= 0.3 is 0 Å². The Balaban J connectivity index is 1.77. The van der Waals surface area contributed by atoms with E-state index in [9.17, 15) is 13.2 Å². The molecule has 0 spiro atoms. The van der Waals surface area contributed by atoms with E-state index >= 15 is 0 Å². The van der Waals surface area contributed by atoms with Crippen molar-refractivity contribution in [2.75, 3.05) is 7.11 Å². The van der Waals surface area contributed by atoms with Crippen molar-refractivity contribution in [3.05, 3.63) is 83.2 Å². The van der Waals surface area contributed by atoms with Gasteiger partial charge in [0.05, 0.1) is 7.11 Å². The summed E-state index contributed by atoms with van der Waals surface area (Å²) in [6.07, 6.45) is 0.239. The topological polar surface area (TPSA) is 84.5 Å². The molecular weight excluding hydrogens is 408 g/mol. The van der Waals surface area contributed by atoms with Gasteiger partial charge in [0.2, 0.25) is 5.91 Å². The van der Waals surface area contributed by atoms with Crippen molar-refractivity contribution < 1.29 is 17.9 Å². The van der Waals surface area contributed by atoms with E-state index in [1.165, 1.54) is 6.07 Å². The van der Waals surface area contributed by atoms with Gasteiger partial charge in [-0.05, 0) is 29.5 Å².